The van der Waals surface area contributed by atoms with Crippen LogP contribution in [0.5, 0.6) is 0 Å². The molecule has 0 aromatic carbocycles. The molecule has 0 aromatic heterocycles. The number of carbonyl (C=O) groups is 4. The molecule has 1 rings (SSSR count). The van der Waals surface area contributed by atoms with Crippen molar-refractivity contribution in [2.45, 2.75) is 12.8 Å². The first kappa shape index (κ1) is 57.2. The highest BCUT2D eigenvalue weighted by atomic mass is 16.6. The van der Waals surface area contributed by atoms with Crippen molar-refractivity contribution in [3.05, 3.63) is 12.2 Å². The van der Waals surface area contributed by atoms with Crippen LogP contribution in [0.2, 0.25) is 0 Å². The maximum atomic E-state index is 11.8. The molecule has 62 heavy (non-hydrogen) atoms. The largest absolute Gasteiger partial charge is 0.481 e. The summed E-state index contributed by atoms with van der Waals surface area (Å²) < 4.78 is 81.4. The van der Waals surface area contributed by atoms with Crippen molar-refractivity contribution in [2.24, 2.45) is 0 Å². The highest BCUT2D eigenvalue weighted by Gasteiger charge is 2.23. The average molecular weight is 901 g/mol. The Balaban J connectivity index is 1.62. The van der Waals surface area contributed by atoms with Gasteiger partial charge >= 0.3 is 5.97 Å². The van der Waals surface area contributed by atoms with Crippen LogP contribution in [-0.2, 0) is 90.2 Å². The van der Waals surface area contributed by atoms with Crippen molar-refractivity contribution >= 4 is 23.7 Å². The quantitative estimate of drug-likeness (QED) is 0.0558. The smallest absolute Gasteiger partial charge is 0.305 e. The minimum Gasteiger partial charge on any atom is -0.481 e. The van der Waals surface area contributed by atoms with Gasteiger partial charge in [0.15, 0.2) is 0 Å². The zero-order valence-electron chi connectivity index (χ0n) is 36.3. The van der Waals surface area contributed by atoms with Crippen LogP contribution in [0.3, 0.4) is 0 Å². The van der Waals surface area contributed by atoms with Gasteiger partial charge in [0.05, 0.1) is 205 Å². The molecular weight excluding hydrogens is 828 g/mol. The van der Waals surface area contributed by atoms with Crippen molar-refractivity contribution in [3.8, 4) is 0 Å². The third-order valence-corrected chi connectivity index (χ3v) is 7.70. The van der Waals surface area contributed by atoms with Crippen molar-refractivity contribution in [1.82, 2.24) is 10.2 Å². The standard InChI is InChI=1S/C40H72N2O20/c43-37(3-6-42-38(44)1-2-39(42)45)41-5-8-49-10-12-51-14-16-53-18-20-55-22-24-57-26-28-59-30-32-61-34-36-62-35-33-60-31-29-58-27-25-56-23-21-54-19-17-52-15-13-50-11-9-48-7-4-40(46)47/h1-2H,3-36H2,(H,41,43)(H,46,47). The van der Waals surface area contributed by atoms with Crippen molar-refractivity contribution in [3.63, 3.8) is 0 Å². The van der Waals surface area contributed by atoms with E-state index >= 15 is 0 Å². The number of nitrogens with zero attached hydrogens (tertiary/aromatic N) is 1. The lowest BCUT2D eigenvalue weighted by Gasteiger charge is -2.13. The highest BCUT2D eigenvalue weighted by Crippen LogP contribution is 2.04. The van der Waals surface area contributed by atoms with Crippen molar-refractivity contribution in [2.75, 3.05) is 211 Å². The summed E-state index contributed by atoms with van der Waals surface area (Å²) in [5.74, 6) is -1.94. The van der Waals surface area contributed by atoms with Crippen LogP contribution in [0.15, 0.2) is 12.2 Å². The Hall–Kier alpha value is -2.78. The molecule has 0 spiro atoms. The van der Waals surface area contributed by atoms with Gasteiger partial charge in [-0.25, -0.2) is 0 Å². The topological polar surface area (TPSA) is 242 Å². The molecule has 0 atom stereocenters. The van der Waals surface area contributed by atoms with Gasteiger partial charge in [0, 0.05) is 31.7 Å². The van der Waals surface area contributed by atoms with E-state index in [9.17, 15) is 19.2 Å². The summed E-state index contributed by atoms with van der Waals surface area (Å²) in [6.07, 6.45) is 2.42. The van der Waals surface area contributed by atoms with E-state index in [-0.39, 0.29) is 31.9 Å². The Labute approximate surface area is 365 Å². The molecule has 0 unspecified atom stereocenters. The van der Waals surface area contributed by atoms with E-state index in [4.69, 9.17) is 76.2 Å². The van der Waals surface area contributed by atoms with Gasteiger partial charge in [-0.3, -0.25) is 24.1 Å². The van der Waals surface area contributed by atoms with Gasteiger partial charge < -0.3 is 81.5 Å². The molecule has 0 saturated heterocycles. The average Bonchev–Trinajstić information content (AvgIpc) is 3.59. The Bertz CT molecular complexity index is 1070. The highest BCUT2D eigenvalue weighted by molar-refractivity contribution is 6.13. The predicted molar refractivity (Wildman–Crippen MR) is 218 cm³/mol. The molecule has 0 bridgehead atoms. The van der Waals surface area contributed by atoms with E-state index in [1.165, 1.54) is 12.2 Å². The second-order valence-corrected chi connectivity index (χ2v) is 12.6. The van der Waals surface area contributed by atoms with Crippen LogP contribution >= 0.6 is 0 Å². The zero-order chi connectivity index (χ0) is 44.7. The number of aliphatic carboxylic acids is 1. The summed E-state index contributed by atoms with van der Waals surface area (Å²) in [6, 6.07) is 0. The number of imide groups is 1. The number of carboxylic acids is 1. The molecule has 0 aromatic rings. The lowest BCUT2D eigenvalue weighted by atomic mass is 10.3. The van der Waals surface area contributed by atoms with Crippen LogP contribution in [0.25, 0.3) is 0 Å². The van der Waals surface area contributed by atoms with Gasteiger partial charge in [-0.1, -0.05) is 0 Å². The van der Waals surface area contributed by atoms with Crippen molar-refractivity contribution < 1.29 is 95.3 Å². The summed E-state index contributed by atoms with van der Waals surface area (Å²) >= 11 is 0. The van der Waals surface area contributed by atoms with Gasteiger partial charge in [0.2, 0.25) is 5.91 Å². The fourth-order valence-corrected chi connectivity index (χ4v) is 4.56. The Morgan fingerprint density at radius 3 is 0.839 bits per heavy atom. The Morgan fingerprint density at radius 2 is 0.597 bits per heavy atom. The van der Waals surface area contributed by atoms with Gasteiger partial charge in [-0.05, 0) is 0 Å². The molecule has 1 aliphatic rings. The van der Waals surface area contributed by atoms with Crippen LogP contribution in [0.1, 0.15) is 12.8 Å². The second-order valence-electron chi connectivity index (χ2n) is 12.6. The maximum Gasteiger partial charge on any atom is 0.305 e. The minimum absolute atomic E-state index is 0.0111. The summed E-state index contributed by atoms with van der Waals surface area (Å²) in [5.41, 5.74) is 0. The van der Waals surface area contributed by atoms with Crippen LogP contribution in [0, 0.1) is 0 Å². The predicted octanol–water partition coefficient (Wildman–Crippen LogP) is -0.859. The SMILES string of the molecule is O=C(O)CCOCCOCCOCCOCCOCCOCCOCCOCCOCCOCCOCCOCCOCCOCCOCCNC(=O)CCN1C(=O)C=CC1=O. The molecular formula is C40H72N2O20. The number of carbonyl (C=O) groups excluding carboxylic acids is 3. The van der Waals surface area contributed by atoms with E-state index < -0.39 is 17.8 Å². The second kappa shape index (κ2) is 46.2. The minimum atomic E-state index is -0.882. The third kappa shape index (κ3) is 41.2. The van der Waals surface area contributed by atoms with Crippen LogP contribution in [0.4, 0.5) is 0 Å². The number of ether oxygens (including phenoxy) is 15. The number of carboxylic acid groups (broad SMARTS) is 1. The van der Waals surface area contributed by atoms with E-state index in [0.717, 1.165) is 4.90 Å². The Morgan fingerprint density at radius 1 is 0.371 bits per heavy atom. The van der Waals surface area contributed by atoms with E-state index in [1.807, 2.05) is 0 Å². The monoisotopic (exact) mass is 900 g/mol. The molecule has 0 aliphatic carbocycles. The molecule has 1 heterocycles. The van der Waals surface area contributed by atoms with Gasteiger partial charge in [-0.15, -0.1) is 0 Å². The summed E-state index contributed by atoms with van der Waals surface area (Å²) in [4.78, 5) is 46.1. The normalized spacial score (nSPS) is 12.6. The molecule has 2 N–H and O–H groups in total. The molecule has 362 valence electrons. The molecule has 0 saturated carbocycles. The molecule has 3 amide bonds. The van der Waals surface area contributed by atoms with Gasteiger partial charge in [-0.2, -0.15) is 0 Å². The third-order valence-electron chi connectivity index (χ3n) is 7.70. The Kier molecular flexibility index (Phi) is 42.7. The molecule has 22 heteroatoms. The summed E-state index contributed by atoms with van der Waals surface area (Å²) in [5, 5.41) is 11.2. The molecule has 1 aliphatic heterocycles. The van der Waals surface area contributed by atoms with Gasteiger partial charge in [0.1, 0.15) is 0 Å². The van der Waals surface area contributed by atoms with Crippen LogP contribution in [-0.4, -0.2) is 245 Å². The van der Waals surface area contributed by atoms with Gasteiger partial charge in [0.25, 0.3) is 11.8 Å². The lowest BCUT2D eigenvalue weighted by molar-refractivity contribution is -0.139. The fraction of sp³-hybridized carbons (Fsp3) is 0.850. The number of amides is 3. The number of hydrogen-bond acceptors (Lipinski definition) is 19. The summed E-state index contributed by atoms with van der Waals surface area (Å²) in [6.45, 7) is 13.5. The number of nitrogens with one attached hydrogen (secondary N) is 1. The first-order valence-corrected chi connectivity index (χ1v) is 21.2. The zero-order valence-corrected chi connectivity index (χ0v) is 36.3. The molecule has 22 nitrogen and oxygen atoms in total. The van der Waals surface area contributed by atoms with Crippen LogP contribution < -0.4 is 5.32 Å². The van der Waals surface area contributed by atoms with Crippen molar-refractivity contribution in [1.29, 1.82) is 0 Å². The lowest BCUT2D eigenvalue weighted by Crippen LogP contribution is -2.35. The first-order chi connectivity index (χ1) is 30.5. The van der Waals surface area contributed by atoms with E-state index in [0.29, 0.717) is 198 Å². The van der Waals surface area contributed by atoms with E-state index in [2.05, 4.69) is 5.32 Å². The number of hydrogen-bond donors (Lipinski definition) is 2. The number of rotatable bonds is 51. The van der Waals surface area contributed by atoms with E-state index in [1.54, 1.807) is 0 Å². The molecule has 0 radical (unpaired) electrons. The maximum absolute atomic E-state index is 11.8. The fourth-order valence-electron chi connectivity index (χ4n) is 4.56. The first-order valence-electron chi connectivity index (χ1n) is 21.2. The molecule has 0 fully saturated rings. The summed E-state index contributed by atoms with van der Waals surface area (Å²) in [7, 11) is 0.